The fraction of sp³-hybridized carbons (Fsp3) is 0.667. The molecule has 106 valence electrons. The molecule has 7 heteroatoms. The minimum atomic E-state index is -4.42. The maximum atomic E-state index is 12.6. The van der Waals surface area contributed by atoms with E-state index in [9.17, 15) is 13.2 Å². The molecule has 4 nitrogen and oxygen atoms in total. The van der Waals surface area contributed by atoms with Gasteiger partial charge in [0.1, 0.15) is 17.8 Å². The molecular weight excluding hydrogens is 257 g/mol. The molecule has 1 aromatic heterocycles. The Morgan fingerprint density at radius 2 is 1.84 bits per heavy atom. The van der Waals surface area contributed by atoms with Crippen molar-refractivity contribution in [2.75, 3.05) is 32.1 Å². The van der Waals surface area contributed by atoms with Crippen LogP contribution in [0.3, 0.4) is 0 Å². The lowest BCUT2D eigenvalue weighted by Gasteiger charge is -2.35. The highest BCUT2D eigenvalue weighted by atomic mass is 19.4. The fourth-order valence-electron chi connectivity index (χ4n) is 2.29. The molecule has 2 rings (SSSR count). The van der Waals surface area contributed by atoms with Crippen LogP contribution in [-0.2, 0) is 6.18 Å². The van der Waals surface area contributed by atoms with Gasteiger partial charge < -0.3 is 9.80 Å². The molecule has 2 heterocycles. The molecule has 0 spiro atoms. The van der Waals surface area contributed by atoms with E-state index >= 15 is 0 Å². The highest BCUT2D eigenvalue weighted by Gasteiger charge is 2.33. The molecule has 0 aliphatic carbocycles. The summed E-state index contributed by atoms with van der Waals surface area (Å²) in [5.74, 6) is 0.361. The number of alkyl halides is 3. The van der Waals surface area contributed by atoms with Crippen LogP contribution < -0.4 is 4.90 Å². The largest absolute Gasteiger partial charge is 0.433 e. The number of halogens is 3. The van der Waals surface area contributed by atoms with E-state index in [0.717, 1.165) is 38.3 Å². The normalized spacial score (nSPS) is 18.1. The molecule has 0 amide bonds. The molecule has 0 radical (unpaired) electrons. The summed E-state index contributed by atoms with van der Waals surface area (Å²) in [7, 11) is 4.04. The highest BCUT2D eigenvalue weighted by Crippen LogP contribution is 2.29. The monoisotopic (exact) mass is 274 g/mol. The first-order chi connectivity index (χ1) is 8.88. The standard InChI is InChI=1S/C12H17F3N4/c1-18(2)9-3-5-19(6-4-9)11-7-10(12(13,14)15)16-8-17-11/h7-9H,3-6H2,1-2H3. The second-order valence-electron chi connectivity index (χ2n) is 4.94. The molecule has 0 unspecified atom stereocenters. The van der Waals surface area contributed by atoms with Crippen LogP contribution in [0.15, 0.2) is 12.4 Å². The second kappa shape index (κ2) is 5.32. The predicted molar refractivity (Wildman–Crippen MR) is 66.0 cm³/mol. The lowest BCUT2D eigenvalue weighted by Crippen LogP contribution is -2.42. The Balaban J connectivity index is 2.08. The van der Waals surface area contributed by atoms with Crippen molar-refractivity contribution in [2.24, 2.45) is 0 Å². The Hall–Kier alpha value is -1.37. The number of rotatable bonds is 2. The van der Waals surface area contributed by atoms with E-state index in [0.29, 0.717) is 11.9 Å². The van der Waals surface area contributed by atoms with E-state index in [4.69, 9.17) is 0 Å². The third kappa shape index (κ3) is 3.34. The number of hydrogen-bond acceptors (Lipinski definition) is 4. The molecule has 1 fully saturated rings. The highest BCUT2D eigenvalue weighted by molar-refractivity contribution is 5.40. The second-order valence-corrected chi connectivity index (χ2v) is 4.94. The zero-order chi connectivity index (χ0) is 14.0. The van der Waals surface area contributed by atoms with Crippen LogP contribution in [0.1, 0.15) is 18.5 Å². The van der Waals surface area contributed by atoms with Gasteiger partial charge in [0.25, 0.3) is 0 Å². The predicted octanol–water partition coefficient (Wildman–Crippen LogP) is 2.03. The topological polar surface area (TPSA) is 32.3 Å². The van der Waals surface area contributed by atoms with E-state index in [-0.39, 0.29) is 0 Å². The third-order valence-electron chi connectivity index (χ3n) is 3.46. The van der Waals surface area contributed by atoms with Crippen LogP contribution in [0, 0.1) is 0 Å². The van der Waals surface area contributed by atoms with Gasteiger partial charge in [-0.2, -0.15) is 13.2 Å². The van der Waals surface area contributed by atoms with Gasteiger partial charge in [0.15, 0.2) is 0 Å². The number of nitrogens with zero attached hydrogens (tertiary/aromatic N) is 4. The van der Waals surface area contributed by atoms with Crippen LogP contribution in [-0.4, -0.2) is 48.1 Å². The van der Waals surface area contributed by atoms with Crippen molar-refractivity contribution in [1.29, 1.82) is 0 Å². The maximum absolute atomic E-state index is 12.6. The zero-order valence-electron chi connectivity index (χ0n) is 11.0. The van der Waals surface area contributed by atoms with Gasteiger partial charge in [-0.25, -0.2) is 9.97 Å². The minimum Gasteiger partial charge on any atom is -0.356 e. The van der Waals surface area contributed by atoms with Crippen LogP contribution in [0.2, 0.25) is 0 Å². The van der Waals surface area contributed by atoms with Gasteiger partial charge in [-0.15, -0.1) is 0 Å². The molecule has 1 aromatic rings. The lowest BCUT2D eigenvalue weighted by molar-refractivity contribution is -0.141. The van der Waals surface area contributed by atoms with Crippen LogP contribution in [0.5, 0.6) is 0 Å². The fourth-order valence-corrected chi connectivity index (χ4v) is 2.29. The SMILES string of the molecule is CN(C)C1CCN(c2cc(C(F)(F)F)ncn2)CC1. The molecule has 1 aliphatic heterocycles. The molecule has 19 heavy (non-hydrogen) atoms. The van der Waals surface area contributed by atoms with Gasteiger partial charge in [0.05, 0.1) is 0 Å². The minimum absolute atomic E-state index is 0.361. The Labute approximate surface area is 110 Å². The van der Waals surface area contributed by atoms with Gasteiger partial charge in [-0.1, -0.05) is 0 Å². The van der Waals surface area contributed by atoms with Crippen molar-refractivity contribution in [3.63, 3.8) is 0 Å². The molecule has 0 atom stereocenters. The van der Waals surface area contributed by atoms with E-state index in [1.54, 1.807) is 0 Å². The summed E-state index contributed by atoms with van der Waals surface area (Å²) < 4.78 is 37.8. The first-order valence-electron chi connectivity index (χ1n) is 6.18. The Morgan fingerprint density at radius 1 is 1.21 bits per heavy atom. The van der Waals surface area contributed by atoms with E-state index in [1.807, 2.05) is 19.0 Å². The quantitative estimate of drug-likeness (QED) is 0.826. The van der Waals surface area contributed by atoms with Gasteiger partial charge >= 0.3 is 6.18 Å². The summed E-state index contributed by atoms with van der Waals surface area (Å²) in [4.78, 5) is 11.3. The maximum Gasteiger partial charge on any atom is 0.433 e. The molecule has 0 bridgehead atoms. The van der Waals surface area contributed by atoms with Gasteiger partial charge in [0, 0.05) is 25.2 Å². The van der Waals surface area contributed by atoms with Crippen molar-refractivity contribution in [3.05, 3.63) is 18.1 Å². The summed E-state index contributed by atoms with van der Waals surface area (Å²) in [5.41, 5.74) is -0.882. The summed E-state index contributed by atoms with van der Waals surface area (Å²) >= 11 is 0. The summed E-state index contributed by atoms with van der Waals surface area (Å²) in [6, 6.07) is 1.51. The molecular formula is C12H17F3N4. The average Bonchev–Trinajstić information content (AvgIpc) is 2.38. The number of piperidine rings is 1. The molecule has 0 saturated carbocycles. The number of hydrogen-bond donors (Lipinski definition) is 0. The van der Waals surface area contributed by atoms with Crippen LogP contribution >= 0.6 is 0 Å². The van der Waals surface area contributed by atoms with E-state index < -0.39 is 11.9 Å². The summed E-state index contributed by atoms with van der Waals surface area (Å²) in [5, 5.41) is 0. The smallest absolute Gasteiger partial charge is 0.356 e. The van der Waals surface area contributed by atoms with Crippen molar-refractivity contribution in [1.82, 2.24) is 14.9 Å². The van der Waals surface area contributed by atoms with Crippen molar-refractivity contribution in [2.45, 2.75) is 25.1 Å². The zero-order valence-corrected chi connectivity index (χ0v) is 11.0. The number of aromatic nitrogens is 2. The Morgan fingerprint density at radius 3 is 2.37 bits per heavy atom. The van der Waals surface area contributed by atoms with Crippen LogP contribution in [0.4, 0.5) is 19.0 Å². The van der Waals surface area contributed by atoms with E-state index in [2.05, 4.69) is 14.9 Å². The van der Waals surface area contributed by atoms with Crippen LogP contribution in [0.25, 0.3) is 0 Å². The Bertz CT molecular complexity index is 425. The van der Waals surface area contributed by atoms with Gasteiger partial charge in [-0.3, -0.25) is 0 Å². The average molecular weight is 274 g/mol. The first kappa shape index (κ1) is 14.0. The molecule has 1 aliphatic rings. The van der Waals surface area contributed by atoms with Gasteiger partial charge in [-0.05, 0) is 26.9 Å². The number of anilines is 1. The first-order valence-corrected chi connectivity index (χ1v) is 6.18. The summed E-state index contributed by atoms with van der Waals surface area (Å²) in [6.45, 7) is 1.44. The van der Waals surface area contributed by atoms with Crippen molar-refractivity contribution in [3.8, 4) is 0 Å². The van der Waals surface area contributed by atoms with E-state index in [1.165, 1.54) is 0 Å². The third-order valence-corrected chi connectivity index (χ3v) is 3.46. The molecule has 0 aromatic carbocycles. The summed E-state index contributed by atoms with van der Waals surface area (Å²) in [6.07, 6.45) is -1.58. The lowest BCUT2D eigenvalue weighted by atomic mass is 10.0. The molecule has 1 saturated heterocycles. The Kier molecular flexibility index (Phi) is 3.93. The van der Waals surface area contributed by atoms with Crippen molar-refractivity contribution < 1.29 is 13.2 Å². The molecule has 0 N–H and O–H groups in total. The van der Waals surface area contributed by atoms with Gasteiger partial charge in [0.2, 0.25) is 0 Å². The van der Waals surface area contributed by atoms with Crippen molar-refractivity contribution >= 4 is 5.82 Å².